The van der Waals surface area contributed by atoms with E-state index in [4.69, 9.17) is 0 Å². The van der Waals surface area contributed by atoms with Crippen LogP contribution in [-0.2, 0) is 0 Å². The molecule has 1 aromatic carbocycles. The van der Waals surface area contributed by atoms with E-state index in [0.717, 1.165) is 0 Å². The predicted molar refractivity (Wildman–Crippen MR) is 66.3 cm³/mol. The zero-order chi connectivity index (χ0) is 13.9. The third-order valence-corrected chi connectivity index (χ3v) is 3.97. The Morgan fingerprint density at radius 3 is 2.22 bits per heavy atom. The minimum Gasteiger partial charge on any atom is -0.346 e. The molecule has 0 bridgehead atoms. The molecular formula is C12H13BrF3NO. The second kappa shape index (κ2) is 5.73. The monoisotopic (exact) mass is 323 g/mol. The third kappa shape index (κ3) is 3.25. The zero-order valence-electron chi connectivity index (χ0n) is 9.99. The molecule has 2 nitrogen and oxygen atoms in total. The quantitative estimate of drug-likeness (QED) is 0.667. The summed E-state index contributed by atoms with van der Waals surface area (Å²) in [5.41, 5.74) is -0.773. The summed E-state index contributed by atoms with van der Waals surface area (Å²) in [6.45, 7) is 3.66. The number of alkyl halides is 1. The molecule has 18 heavy (non-hydrogen) atoms. The van der Waals surface area contributed by atoms with Crippen molar-refractivity contribution in [2.24, 2.45) is 0 Å². The van der Waals surface area contributed by atoms with Crippen LogP contribution < -0.4 is 5.32 Å². The predicted octanol–water partition coefficient (Wildman–Crippen LogP) is 3.40. The van der Waals surface area contributed by atoms with Gasteiger partial charge in [-0.25, -0.2) is 13.2 Å². The lowest BCUT2D eigenvalue weighted by atomic mass is 10.0. The molecule has 0 aliphatic carbocycles. The molecule has 1 atom stereocenters. The number of nitrogens with one attached hydrogen (secondary N) is 1. The van der Waals surface area contributed by atoms with Crippen molar-refractivity contribution in [3.05, 3.63) is 35.1 Å². The van der Waals surface area contributed by atoms with Gasteiger partial charge < -0.3 is 5.32 Å². The van der Waals surface area contributed by atoms with E-state index in [1.807, 2.05) is 6.92 Å². The van der Waals surface area contributed by atoms with Crippen molar-refractivity contribution in [2.75, 3.05) is 5.33 Å². The minimum atomic E-state index is -1.58. The minimum absolute atomic E-state index is 0.243. The summed E-state index contributed by atoms with van der Waals surface area (Å²) < 4.78 is 38.7. The Balaban J connectivity index is 2.98. The summed E-state index contributed by atoms with van der Waals surface area (Å²) in [7, 11) is 0. The Morgan fingerprint density at radius 2 is 1.83 bits per heavy atom. The van der Waals surface area contributed by atoms with E-state index in [2.05, 4.69) is 21.2 Å². The number of halogens is 4. The van der Waals surface area contributed by atoms with E-state index in [1.165, 1.54) is 0 Å². The maximum atomic E-state index is 13.0. The molecule has 0 aliphatic heterocycles. The van der Waals surface area contributed by atoms with Gasteiger partial charge in [0, 0.05) is 16.4 Å². The van der Waals surface area contributed by atoms with Crippen molar-refractivity contribution < 1.29 is 18.0 Å². The molecule has 0 aliphatic rings. The average Bonchev–Trinajstić information content (AvgIpc) is 2.35. The highest BCUT2D eigenvalue weighted by molar-refractivity contribution is 9.09. The molecule has 100 valence electrons. The van der Waals surface area contributed by atoms with E-state index in [0.29, 0.717) is 23.9 Å². The summed E-state index contributed by atoms with van der Waals surface area (Å²) >= 11 is 3.25. The fourth-order valence-electron chi connectivity index (χ4n) is 1.25. The number of hydrogen-bond acceptors (Lipinski definition) is 1. The average molecular weight is 324 g/mol. The van der Waals surface area contributed by atoms with Crippen LogP contribution in [-0.4, -0.2) is 16.8 Å². The first-order valence-electron chi connectivity index (χ1n) is 5.36. The Hall–Kier alpha value is -1.04. The molecule has 0 saturated carbocycles. The van der Waals surface area contributed by atoms with Crippen LogP contribution in [0.1, 0.15) is 30.6 Å². The van der Waals surface area contributed by atoms with Gasteiger partial charge in [-0.2, -0.15) is 0 Å². The van der Waals surface area contributed by atoms with Crippen molar-refractivity contribution in [2.45, 2.75) is 25.8 Å². The smallest absolute Gasteiger partial charge is 0.251 e. The normalized spacial score (nSPS) is 14.1. The van der Waals surface area contributed by atoms with Crippen LogP contribution in [0, 0.1) is 17.5 Å². The SMILES string of the molecule is CCC(C)(CBr)NC(=O)c1cc(F)c(F)c(F)c1. The zero-order valence-corrected chi connectivity index (χ0v) is 11.6. The molecule has 0 heterocycles. The van der Waals surface area contributed by atoms with Gasteiger partial charge in [-0.1, -0.05) is 22.9 Å². The Kier molecular flexibility index (Phi) is 4.78. The summed E-state index contributed by atoms with van der Waals surface area (Å²) in [6, 6.07) is 1.36. The van der Waals surface area contributed by atoms with Crippen LogP contribution >= 0.6 is 15.9 Å². The van der Waals surface area contributed by atoms with Crippen LogP contribution in [0.5, 0.6) is 0 Å². The van der Waals surface area contributed by atoms with Gasteiger partial charge in [0.2, 0.25) is 0 Å². The number of rotatable bonds is 4. The van der Waals surface area contributed by atoms with E-state index in [-0.39, 0.29) is 5.56 Å². The van der Waals surface area contributed by atoms with Gasteiger partial charge in [0.1, 0.15) is 0 Å². The lowest BCUT2D eigenvalue weighted by Gasteiger charge is -2.27. The number of carbonyl (C=O) groups is 1. The molecule has 1 N–H and O–H groups in total. The molecule has 1 aromatic rings. The van der Waals surface area contributed by atoms with Gasteiger partial charge in [0.05, 0.1) is 0 Å². The second-order valence-corrected chi connectivity index (χ2v) is 4.82. The largest absolute Gasteiger partial charge is 0.346 e. The molecule has 0 aromatic heterocycles. The Morgan fingerprint density at radius 1 is 1.33 bits per heavy atom. The molecule has 1 unspecified atom stereocenters. The van der Waals surface area contributed by atoms with E-state index < -0.39 is 28.9 Å². The topological polar surface area (TPSA) is 29.1 Å². The van der Waals surface area contributed by atoms with Crippen LogP contribution in [0.25, 0.3) is 0 Å². The van der Waals surface area contributed by atoms with E-state index in [1.54, 1.807) is 6.92 Å². The van der Waals surface area contributed by atoms with Crippen molar-refractivity contribution in [3.63, 3.8) is 0 Å². The molecular weight excluding hydrogens is 311 g/mol. The number of benzene rings is 1. The fraction of sp³-hybridized carbons (Fsp3) is 0.417. The van der Waals surface area contributed by atoms with Crippen LogP contribution in [0.2, 0.25) is 0 Å². The van der Waals surface area contributed by atoms with Crippen molar-refractivity contribution in [3.8, 4) is 0 Å². The van der Waals surface area contributed by atoms with Crippen LogP contribution in [0.4, 0.5) is 13.2 Å². The van der Waals surface area contributed by atoms with E-state index in [9.17, 15) is 18.0 Å². The third-order valence-electron chi connectivity index (χ3n) is 2.74. The summed E-state index contributed by atoms with van der Waals surface area (Å²) in [5, 5.41) is 3.14. The number of hydrogen-bond donors (Lipinski definition) is 1. The Bertz CT molecular complexity index is 438. The summed E-state index contributed by atoms with van der Waals surface area (Å²) in [5.74, 6) is -4.98. The number of amides is 1. The summed E-state index contributed by atoms with van der Waals surface area (Å²) in [6.07, 6.45) is 0.635. The van der Waals surface area contributed by atoms with Crippen LogP contribution in [0.15, 0.2) is 12.1 Å². The van der Waals surface area contributed by atoms with Gasteiger partial charge in [-0.05, 0) is 25.5 Å². The first-order chi connectivity index (χ1) is 8.33. The van der Waals surface area contributed by atoms with Crippen molar-refractivity contribution >= 4 is 21.8 Å². The molecule has 0 saturated heterocycles. The fourth-order valence-corrected chi connectivity index (χ4v) is 1.79. The molecule has 0 fully saturated rings. The van der Waals surface area contributed by atoms with Gasteiger partial charge in [0.25, 0.3) is 5.91 Å². The van der Waals surface area contributed by atoms with Crippen molar-refractivity contribution in [1.29, 1.82) is 0 Å². The lowest BCUT2D eigenvalue weighted by molar-refractivity contribution is 0.0912. The van der Waals surface area contributed by atoms with Gasteiger partial charge >= 0.3 is 0 Å². The Labute approximate surface area is 112 Å². The van der Waals surface area contributed by atoms with Crippen molar-refractivity contribution in [1.82, 2.24) is 5.32 Å². The second-order valence-electron chi connectivity index (χ2n) is 4.26. The first kappa shape index (κ1) is 15.0. The molecule has 6 heteroatoms. The van der Waals surface area contributed by atoms with Crippen LogP contribution in [0.3, 0.4) is 0 Å². The maximum Gasteiger partial charge on any atom is 0.251 e. The lowest BCUT2D eigenvalue weighted by Crippen LogP contribution is -2.47. The molecule has 1 rings (SSSR count). The highest BCUT2D eigenvalue weighted by Crippen LogP contribution is 2.17. The highest BCUT2D eigenvalue weighted by atomic mass is 79.9. The maximum absolute atomic E-state index is 13.0. The van der Waals surface area contributed by atoms with Gasteiger partial charge in [-0.15, -0.1) is 0 Å². The molecule has 0 radical (unpaired) electrons. The van der Waals surface area contributed by atoms with E-state index >= 15 is 0 Å². The highest BCUT2D eigenvalue weighted by Gasteiger charge is 2.24. The summed E-state index contributed by atoms with van der Waals surface area (Å²) in [4.78, 5) is 11.8. The number of carbonyl (C=O) groups excluding carboxylic acids is 1. The van der Waals surface area contributed by atoms with Gasteiger partial charge in [0.15, 0.2) is 17.5 Å². The standard InChI is InChI=1S/C12H13BrF3NO/c1-3-12(2,6-13)17-11(18)7-4-8(14)10(16)9(15)5-7/h4-5H,3,6H2,1-2H3,(H,17,18). The molecule has 1 amide bonds. The first-order valence-corrected chi connectivity index (χ1v) is 6.48. The van der Waals surface area contributed by atoms with Gasteiger partial charge in [-0.3, -0.25) is 4.79 Å². The molecule has 0 spiro atoms.